The first kappa shape index (κ1) is 11.3. The zero-order valence-corrected chi connectivity index (χ0v) is 9.35. The van der Waals surface area contributed by atoms with Gasteiger partial charge in [-0.3, -0.25) is 9.48 Å². The molecule has 1 aromatic carbocycles. The molecule has 88 valence electrons. The number of hydrogen-bond donors (Lipinski definition) is 1. The van der Waals surface area contributed by atoms with Crippen LogP contribution in [0.4, 0.5) is 4.39 Å². The maximum atomic E-state index is 12.9. The van der Waals surface area contributed by atoms with Gasteiger partial charge in [0.1, 0.15) is 5.82 Å². The van der Waals surface area contributed by atoms with Crippen LogP contribution in [0.3, 0.4) is 0 Å². The lowest BCUT2D eigenvalue weighted by Crippen LogP contribution is -2.23. The summed E-state index contributed by atoms with van der Waals surface area (Å²) in [6.45, 7) is 0.330. The van der Waals surface area contributed by atoms with Gasteiger partial charge in [-0.05, 0) is 24.3 Å². The lowest BCUT2D eigenvalue weighted by molar-refractivity contribution is 0.0950. The zero-order valence-electron chi connectivity index (χ0n) is 9.35. The third-order valence-electron chi connectivity index (χ3n) is 2.29. The number of benzene rings is 1. The van der Waals surface area contributed by atoms with Crippen molar-refractivity contribution in [1.82, 2.24) is 15.1 Å². The number of rotatable bonds is 3. The van der Waals surface area contributed by atoms with Gasteiger partial charge in [-0.25, -0.2) is 4.39 Å². The van der Waals surface area contributed by atoms with Crippen molar-refractivity contribution in [3.63, 3.8) is 0 Å². The van der Waals surface area contributed by atoms with E-state index in [9.17, 15) is 9.18 Å². The fourth-order valence-corrected chi connectivity index (χ4v) is 1.46. The second-order valence-corrected chi connectivity index (χ2v) is 3.67. The van der Waals surface area contributed by atoms with E-state index in [1.807, 2.05) is 6.07 Å². The number of aromatic nitrogens is 2. The van der Waals surface area contributed by atoms with Gasteiger partial charge in [0.15, 0.2) is 0 Å². The quantitative estimate of drug-likeness (QED) is 0.873. The van der Waals surface area contributed by atoms with Gasteiger partial charge in [0.05, 0.1) is 12.2 Å². The van der Waals surface area contributed by atoms with Crippen molar-refractivity contribution in [3.05, 3.63) is 53.6 Å². The highest BCUT2D eigenvalue weighted by molar-refractivity contribution is 5.94. The largest absolute Gasteiger partial charge is 0.346 e. The Hall–Kier alpha value is -2.17. The molecule has 0 fully saturated rings. The van der Waals surface area contributed by atoms with Gasteiger partial charge in [-0.15, -0.1) is 0 Å². The van der Waals surface area contributed by atoms with Crippen LogP contribution >= 0.6 is 0 Å². The van der Waals surface area contributed by atoms with E-state index < -0.39 is 5.82 Å². The van der Waals surface area contributed by atoms with Crippen LogP contribution in [-0.4, -0.2) is 15.7 Å². The van der Waals surface area contributed by atoms with E-state index in [1.165, 1.54) is 18.2 Å². The SMILES string of the molecule is Cn1ccc(CNC(=O)c2cccc(F)c2)n1. The number of nitrogens with zero attached hydrogens (tertiary/aromatic N) is 2. The molecule has 0 saturated carbocycles. The molecule has 0 spiro atoms. The first-order valence-corrected chi connectivity index (χ1v) is 5.17. The number of halogens is 1. The molecule has 17 heavy (non-hydrogen) atoms. The van der Waals surface area contributed by atoms with Crippen molar-refractivity contribution in [2.24, 2.45) is 7.05 Å². The maximum Gasteiger partial charge on any atom is 0.251 e. The van der Waals surface area contributed by atoms with Gasteiger partial charge in [-0.1, -0.05) is 6.07 Å². The normalized spacial score (nSPS) is 10.2. The molecule has 0 bridgehead atoms. The number of carbonyl (C=O) groups is 1. The Kier molecular flexibility index (Phi) is 3.18. The van der Waals surface area contributed by atoms with Crippen molar-refractivity contribution >= 4 is 5.91 Å². The Labute approximate surface area is 98.1 Å². The molecule has 0 radical (unpaired) electrons. The number of carbonyl (C=O) groups excluding carboxylic acids is 1. The third kappa shape index (κ3) is 2.90. The Bertz CT molecular complexity index is 536. The van der Waals surface area contributed by atoms with E-state index in [0.29, 0.717) is 12.1 Å². The Balaban J connectivity index is 1.98. The molecular weight excluding hydrogens is 221 g/mol. The van der Waals surface area contributed by atoms with Gasteiger partial charge >= 0.3 is 0 Å². The average Bonchev–Trinajstić information content (AvgIpc) is 2.72. The Morgan fingerprint density at radius 1 is 1.47 bits per heavy atom. The average molecular weight is 233 g/mol. The molecule has 4 nitrogen and oxygen atoms in total. The van der Waals surface area contributed by atoms with Crippen LogP contribution in [-0.2, 0) is 13.6 Å². The lowest BCUT2D eigenvalue weighted by atomic mass is 10.2. The number of hydrogen-bond acceptors (Lipinski definition) is 2. The summed E-state index contributed by atoms with van der Waals surface area (Å²) in [5, 5.41) is 6.80. The standard InChI is InChI=1S/C12H12FN3O/c1-16-6-5-11(15-16)8-14-12(17)9-3-2-4-10(13)7-9/h2-7H,8H2,1H3,(H,14,17). The molecule has 1 amide bonds. The second-order valence-electron chi connectivity index (χ2n) is 3.67. The minimum atomic E-state index is -0.421. The molecule has 5 heteroatoms. The molecule has 0 aliphatic heterocycles. The molecule has 1 heterocycles. The van der Waals surface area contributed by atoms with Crippen LogP contribution in [0.5, 0.6) is 0 Å². The Morgan fingerprint density at radius 2 is 2.29 bits per heavy atom. The minimum absolute atomic E-state index is 0.306. The summed E-state index contributed by atoms with van der Waals surface area (Å²) in [6, 6.07) is 7.39. The van der Waals surface area contributed by atoms with Crippen molar-refractivity contribution in [3.8, 4) is 0 Å². The fraction of sp³-hybridized carbons (Fsp3) is 0.167. The minimum Gasteiger partial charge on any atom is -0.346 e. The third-order valence-corrected chi connectivity index (χ3v) is 2.29. The van der Waals surface area contributed by atoms with E-state index in [4.69, 9.17) is 0 Å². The van der Waals surface area contributed by atoms with Crippen LogP contribution < -0.4 is 5.32 Å². The van der Waals surface area contributed by atoms with Crippen molar-refractivity contribution in [2.75, 3.05) is 0 Å². The van der Waals surface area contributed by atoms with Crippen LogP contribution in [0.1, 0.15) is 16.1 Å². The molecule has 2 aromatic rings. The number of nitrogens with one attached hydrogen (secondary N) is 1. The van der Waals surface area contributed by atoms with Crippen LogP contribution in [0.25, 0.3) is 0 Å². The highest BCUT2D eigenvalue weighted by Gasteiger charge is 2.06. The molecule has 1 N–H and O–H groups in total. The number of amides is 1. The summed E-state index contributed by atoms with van der Waals surface area (Å²) in [4.78, 5) is 11.7. The highest BCUT2D eigenvalue weighted by Crippen LogP contribution is 2.03. The van der Waals surface area contributed by atoms with E-state index >= 15 is 0 Å². The van der Waals surface area contributed by atoms with Gasteiger partial charge in [0.25, 0.3) is 5.91 Å². The first-order chi connectivity index (χ1) is 8.15. The molecule has 1 aromatic heterocycles. The molecular formula is C12H12FN3O. The highest BCUT2D eigenvalue weighted by atomic mass is 19.1. The summed E-state index contributed by atoms with van der Waals surface area (Å²) in [5.74, 6) is -0.731. The van der Waals surface area contributed by atoms with Gasteiger partial charge in [0, 0.05) is 18.8 Å². The summed E-state index contributed by atoms with van der Waals surface area (Å²) in [7, 11) is 1.80. The fourth-order valence-electron chi connectivity index (χ4n) is 1.46. The zero-order chi connectivity index (χ0) is 12.3. The summed E-state index contributed by atoms with van der Waals surface area (Å²) in [5.41, 5.74) is 1.07. The molecule has 0 aliphatic rings. The van der Waals surface area contributed by atoms with Crippen molar-refractivity contribution < 1.29 is 9.18 Å². The van der Waals surface area contributed by atoms with E-state index in [0.717, 1.165) is 5.69 Å². The first-order valence-electron chi connectivity index (χ1n) is 5.17. The topological polar surface area (TPSA) is 46.9 Å². The predicted octanol–water partition coefficient (Wildman–Crippen LogP) is 1.49. The van der Waals surface area contributed by atoms with Crippen LogP contribution in [0.15, 0.2) is 36.5 Å². The van der Waals surface area contributed by atoms with Gasteiger partial charge < -0.3 is 5.32 Å². The molecule has 0 aliphatic carbocycles. The molecule has 0 unspecified atom stereocenters. The monoisotopic (exact) mass is 233 g/mol. The second kappa shape index (κ2) is 4.78. The van der Waals surface area contributed by atoms with Gasteiger partial charge in [-0.2, -0.15) is 5.10 Å². The van der Waals surface area contributed by atoms with E-state index in [-0.39, 0.29) is 5.91 Å². The van der Waals surface area contributed by atoms with Crippen molar-refractivity contribution in [2.45, 2.75) is 6.54 Å². The predicted molar refractivity (Wildman–Crippen MR) is 60.8 cm³/mol. The van der Waals surface area contributed by atoms with Crippen LogP contribution in [0, 0.1) is 5.82 Å². The number of aryl methyl sites for hydroxylation is 1. The van der Waals surface area contributed by atoms with Crippen molar-refractivity contribution in [1.29, 1.82) is 0 Å². The molecule has 2 rings (SSSR count). The van der Waals surface area contributed by atoms with Crippen LogP contribution in [0.2, 0.25) is 0 Å². The molecule has 0 saturated heterocycles. The summed E-state index contributed by atoms with van der Waals surface area (Å²) in [6.07, 6.45) is 1.80. The van der Waals surface area contributed by atoms with E-state index in [2.05, 4.69) is 10.4 Å². The van der Waals surface area contributed by atoms with Gasteiger partial charge in [0.2, 0.25) is 0 Å². The summed E-state index contributed by atoms with van der Waals surface area (Å²) < 4.78 is 14.6. The summed E-state index contributed by atoms with van der Waals surface area (Å²) >= 11 is 0. The van der Waals surface area contributed by atoms with E-state index in [1.54, 1.807) is 24.0 Å². The maximum absolute atomic E-state index is 12.9. The lowest BCUT2D eigenvalue weighted by Gasteiger charge is -2.03. The molecule has 0 atom stereocenters. The smallest absolute Gasteiger partial charge is 0.251 e. The Morgan fingerprint density at radius 3 is 2.94 bits per heavy atom.